The first kappa shape index (κ1) is 28.4. The van der Waals surface area contributed by atoms with Gasteiger partial charge in [0.1, 0.15) is 11.4 Å². The molecule has 1 N–H and O–H groups in total. The molecule has 1 amide bonds. The lowest BCUT2D eigenvalue weighted by molar-refractivity contribution is -0.0369. The van der Waals surface area contributed by atoms with Crippen LogP contribution in [0.3, 0.4) is 0 Å². The molecule has 0 bridgehead atoms. The molecule has 230 valence electrons. The third kappa shape index (κ3) is 5.54. The number of hydrogen-bond acceptors (Lipinski definition) is 8. The minimum atomic E-state index is -0.543. The fraction of sp³-hybridized carbons (Fsp3) is 0.636. The Morgan fingerprint density at radius 2 is 1.81 bits per heavy atom. The number of alkyl carbamates (subject to hydrolysis) is 1. The maximum absolute atomic E-state index is 13.0. The molecular weight excluding hydrogens is 542 g/mol. The van der Waals surface area contributed by atoms with Crippen LogP contribution in [0.5, 0.6) is 0 Å². The first-order valence-electron chi connectivity index (χ1n) is 16.2. The smallest absolute Gasteiger partial charge is 0.408 e. The Morgan fingerprint density at radius 3 is 2.56 bits per heavy atom. The number of piperidine rings is 2. The van der Waals surface area contributed by atoms with Crippen LogP contribution in [0, 0.1) is 5.41 Å². The number of carbonyl (C=O) groups excluding carboxylic acids is 1. The number of rotatable bonds is 4. The van der Waals surface area contributed by atoms with Gasteiger partial charge in [-0.3, -0.25) is 0 Å². The number of aromatic nitrogens is 4. The van der Waals surface area contributed by atoms with E-state index in [1.165, 1.54) is 30.4 Å². The lowest BCUT2D eigenvalue weighted by atomic mass is 9.72. The first-order chi connectivity index (χ1) is 20.8. The molecule has 0 radical (unpaired) electrons. The van der Waals surface area contributed by atoms with Gasteiger partial charge in [-0.15, -0.1) is 5.10 Å². The summed E-state index contributed by atoms with van der Waals surface area (Å²) in [4.78, 5) is 27.9. The quantitative estimate of drug-likeness (QED) is 0.402. The third-order valence-electron chi connectivity index (χ3n) is 9.72. The molecular formula is C33H45N7O3. The molecule has 7 rings (SSSR count). The Balaban J connectivity index is 1.15. The fourth-order valence-corrected chi connectivity index (χ4v) is 7.56. The second-order valence-corrected chi connectivity index (χ2v) is 13.8. The van der Waals surface area contributed by atoms with Crippen LogP contribution in [-0.4, -0.2) is 64.2 Å². The number of ether oxygens (including phenoxy) is 2. The zero-order valence-electron chi connectivity index (χ0n) is 25.8. The lowest BCUT2D eigenvalue weighted by Gasteiger charge is -2.43. The van der Waals surface area contributed by atoms with Crippen molar-refractivity contribution in [3.63, 3.8) is 0 Å². The van der Waals surface area contributed by atoms with E-state index in [9.17, 15) is 4.79 Å². The Bertz CT molecular complexity index is 1460. The average Bonchev–Trinajstić information content (AvgIpc) is 3.53. The summed E-state index contributed by atoms with van der Waals surface area (Å²) in [5.74, 6) is 1.83. The molecule has 1 aromatic carbocycles. The molecule has 10 nitrogen and oxygen atoms in total. The summed E-state index contributed by atoms with van der Waals surface area (Å²) >= 11 is 0. The molecule has 3 saturated heterocycles. The number of carbonyl (C=O) groups is 1. The summed E-state index contributed by atoms with van der Waals surface area (Å²) < 4.78 is 13.9. The monoisotopic (exact) mass is 587 g/mol. The van der Waals surface area contributed by atoms with Crippen molar-refractivity contribution in [2.45, 2.75) is 96.4 Å². The van der Waals surface area contributed by atoms with Crippen LogP contribution in [0.4, 0.5) is 16.4 Å². The van der Waals surface area contributed by atoms with Gasteiger partial charge in [-0.1, -0.05) is 24.3 Å². The summed E-state index contributed by atoms with van der Waals surface area (Å²) in [5, 5.41) is 8.36. The molecule has 4 aliphatic rings. The second kappa shape index (κ2) is 11.3. The molecule has 1 unspecified atom stereocenters. The van der Waals surface area contributed by atoms with E-state index in [0.717, 1.165) is 94.1 Å². The fourth-order valence-electron chi connectivity index (χ4n) is 7.56. The van der Waals surface area contributed by atoms with Crippen molar-refractivity contribution in [1.29, 1.82) is 0 Å². The van der Waals surface area contributed by atoms with Crippen LogP contribution in [-0.2, 0) is 15.9 Å². The topological polar surface area (TPSA) is 97.6 Å². The highest BCUT2D eigenvalue weighted by Crippen LogP contribution is 2.52. The highest BCUT2D eigenvalue weighted by Gasteiger charge is 2.49. The van der Waals surface area contributed by atoms with Gasteiger partial charge in [-0.2, -0.15) is 0 Å². The molecule has 3 fully saturated rings. The van der Waals surface area contributed by atoms with E-state index in [1.54, 1.807) is 0 Å². The predicted octanol–water partition coefficient (Wildman–Crippen LogP) is 5.92. The third-order valence-corrected chi connectivity index (χ3v) is 9.72. The van der Waals surface area contributed by atoms with Crippen molar-refractivity contribution >= 4 is 28.9 Å². The van der Waals surface area contributed by atoms with Crippen LogP contribution < -0.4 is 15.1 Å². The largest absolute Gasteiger partial charge is 0.444 e. The normalized spacial score (nSPS) is 23.9. The number of amides is 1. The molecule has 10 heteroatoms. The van der Waals surface area contributed by atoms with Gasteiger partial charge >= 0.3 is 6.09 Å². The number of hydrogen-bond donors (Lipinski definition) is 1. The van der Waals surface area contributed by atoms with Gasteiger partial charge in [-0.25, -0.2) is 19.4 Å². The van der Waals surface area contributed by atoms with Crippen LogP contribution in [0.15, 0.2) is 30.5 Å². The SMILES string of the molecule is CC(C)(C)OC(=O)N[C@@H]1c2ccccc2CC12CCN(c1cnc3c(N4CCCCC4)nn(C4CCCCO4)c3n1)CC2. The van der Waals surface area contributed by atoms with E-state index in [4.69, 9.17) is 24.5 Å². The Hall–Kier alpha value is -3.40. The van der Waals surface area contributed by atoms with Crippen molar-refractivity contribution in [3.8, 4) is 0 Å². The zero-order chi connectivity index (χ0) is 29.6. The average molecular weight is 588 g/mol. The lowest BCUT2D eigenvalue weighted by Crippen LogP contribution is -2.48. The molecule has 3 aliphatic heterocycles. The van der Waals surface area contributed by atoms with E-state index >= 15 is 0 Å². The van der Waals surface area contributed by atoms with Crippen molar-refractivity contribution in [2.24, 2.45) is 5.41 Å². The predicted molar refractivity (Wildman–Crippen MR) is 166 cm³/mol. The summed E-state index contributed by atoms with van der Waals surface area (Å²) in [7, 11) is 0. The van der Waals surface area contributed by atoms with E-state index in [0.29, 0.717) is 0 Å². The summed E-state index contributed by atoms with van der Waals surface area (Å²) in [6.45, 7) is 10.2. The molecule has 1 aliphatic carbocycles. The minimum Gasteiger partial charge on any atom is -0.444 e. The van der Waals surface area contributed by atoms with Crippen LogP contribution >= 0.6 is 0 Å². The van der Waals surface area contributed by atoms with Gasteiger partial charge < -0.3 is 24.6 Å². The molecule has 43 heavy (non-hydrogen) atoms. The highest BCUT2D eigenvalue weighted by molar-refractivity contribution is 5.85. The van der Waals surface area contributed by atoms with Gasteiger partial charge in [0.15, 0.2) is 23.2 Å². The minimum absolute atomic E-state index is 0.0617. The molecule has 2 atom stereocenters. The maximum Gasteiger partial charge on any atom is 0.408 e. The second-order valence-electron chi connectivity index (χ2n) is 13.8. The van der Waals surface area contributed by atoms with Crippen LogP contribution in [0.25, 0.3) is 11.2 Å². The Labute approximate surface area is 254 Å². The number of benzene rings is 1. The molecule has 1 spiro atoms. The molecule has 0 saturated carbocycles. The van der Waals surface area contributed by atoms with Crippen molar-refractivity contribution in [3.05, 3.63) is 41.6 Å². The van der Waals surface area contributed by atoms with E-state index < -0.39 is 5.60 Å². The van der Waals surface area contributed by atoms with Gasteiger partial charge in [0.25, 0.3) is 0 Å². The first-order valence-corrected chi connectivity index (χ1v) is 16.2. The van der Waals surface area contributed by atoms with Gasteiger partial charge in [-0.05, 0) is 89.7 Å². The van der Waals surface area contributed by atoms with Crippen molar-refractivity contribution in [1.82, 2.24) is 25.1 Å². The van der Waals surface area contributed by atoms with E-state index in [2.05, 4.69) is 39.4 Å². The highest BCUT2D eigenvalue weighted by atomic mass is 16.6. The Morgan fingerprint density at radius 1 is 1.02 bits per heavy atom. The van der Waals surface area contributed by atoms with Gasteiger partial charge in [0.05, 0.1) is 12.2 Å². The zero-order valence-corrected chi connectivity index (χ0v) is 25.8. The van der Waals surface area contributed by atoms with Gasteiger partial charge in [0.2, 0.25) is 0 Å². The Kier molecular flexibility index (Phi) is 7.43. The number of anilines is 2. The number of nitrogens with zero attached hydrogens (tertiary/aromatic N) is 6. The molecule has 5 heterocycles. The van der Waals surface area contributed by atoms with E-state index in [1.807, 2.05) is 31.6 Å². The maximum atomic E-state index is 13.0. The summed E-state index contributed by atoms with van der Waals surface area (Å²) in [6.07, 6.45) is 11.1. The van der Waals surface area contributed by atoms with Crippen molar-refractivity contribution in [2.75, 3.05) is 42.6 Å². The van der Waals surface area contributed by atoms with Crippen LogP contribution in [0.2, 0.25) is 0 Å². The van der Waals surface area contributed by atoms with E-state index in [-0.39, 0.29) is 23.8 Å². The number of fused-ring (bicyclic) bond motifs is 2. The molecule has 3 aromatic rings. The molecule has 2 aromatic heterocycles. The standard InChI is InChI=1S/C33H45N7O3/c1-32(2,3)43-31(41)36-28-24-12-6-5-11-23(24)21-33(28)14-18-38(19-15-33)25-22-34-27-29(35-25)40(26-13-7-10-20-42-26)37-30(27)39-16-8-4-9-17-39/h5-6,11-12,22,26,28H,4,7-10,13-21H2,1-3H3,(H,36,41)/t26?,28-/m1/s1. The van der Waals surface area contributed by atoms with Crippen molar-refractivity contribution < 1.29 is 14.3 Å². The summed E-state index contributed by atoms with van der Waals surface area (Å²) in [6, 6.07) is 8.45. The van der Waals surface area contributed by atoms with Gasteiger partial charge in [0, 0.05) is 38.2 Å². The number of nitrogens with one attached hydrogen (secondary N) is 1. The van der Waals surface area contributed by atoms with Crippen LogP contribution in [0.1, 0.15) is 95.5 Å². The summed E-state index contributed by atoms with van der Waals surface area (Å²) in [5.41, 5.74) is 3.63.